The maximum Gasteiger partial charge on any atom is 0.306 e. The van der Waals surface area contributed by atoms with Crippen molar-refractivity contribution in [3.8, 4) is 0 Å². The second-order valence-corrected chi connectivity index (χ2v) is 17.0. The summed E-state index contributed by atoms with van der Waals surface area (Å²) in [6.07, 6.45) is 51.0. The summed E-state index contributed by atoms with van der Waals surface area (Å²) >= 11 is 0. The molecule has 340 valence electrons. The summed E-state index contributed by atoms with van der Waals surface area (Å²) in [7, 11) is 5.40. The number of hydrogen-bond donors (Lipinski definition) is 0. The van der Waals surface area contributed by atoms with E-state index in [9.17, 15) is 19.5 Å². The van der Waals surface area contributed by atoms with E-state index in [0.717, 1.165) is 77.0 Å². The summed E-state index contributed by atoms with van der Waals surface area (Å²) in [6.45, 7) is 4.52. The number of hydrogen-bond acceptors (Lipinski definition) is 7. The molecular weight excluding hydrogens is 739 g/mol. The molecule has 0 aliphatic carbocycles. The number of ether oxygens (including phenoxy) is 3. The molecule has 0 radical (unpaired) electrons. The second-order valence-electron chi connectivity index (χ2n) is 17.0. The van der Waals surface area contributed by atoms with Gasteiger partial charge in [0, 0.05) is 19.3 Å². The summed E-state index contributed by atoms with van der Waals surface area (Å²) in [5, 5.41) is 11.6. The molecule has 0 bridgehead atoms. The number of carboxylic acid groups (broad SMARTS) is 1. The third-order valence-electron chi connectivity index (χ3n) is 10.4. The molecule has 0 aromatic heterocycles. The highest BCUT2D eigenvalue weighted by Crippen LogP contribution is 2.14. The van der Waals surface area contributed by atoms with Crippen LogP contribution in [0.2, 0.25) is 0 Å². The monoisotopic (exact) mass is 828 g/mol. The number of unbranched alkanes of at least 4 members (excludes halogenated alkanes) is 19. The van der Waals surface area contributed by atoms with Crippen LogP contribution in [0, 0.1) is 0 Å². The highest BCUT2D eigenvalue weighted by atomic mass is 16.6. The Balaban J connectivity index is 4.34. The Bertz CT molecular complexity index is 1150. The van der Waals surface area contributed by atoms with Crippen LogP contribution >= 0.6 is 0 Å². The highest BCUT2D eigenvalue weighted by Gasteiger charge is 2.25. The maximum absolute atomic E-state index is 12.7. The van der Waals surface area contributed by atoms with Gasteiger partial charge in [-0.15, -0.1) is 0 Å². The van der Waals surface area contributed by atoms with E-state index in [1.54, 1.807) is 21.1 Å². The van der Waals surface area contributed by atoms with Crippen LogP contribution in [0.4, 0.5) is 0 Å². The summed E-state index contributed by atoms with van der Waals surface area (Å²) in [6, 6.07) is -0.733. The molecule has 2 unspecified atom stereocenters. The largest absolute Gasteiger partial charge is 0.544 e. The molecule has 0 amide bonds. The molecule has 8 heteroatoms. The molecule has 0 aromatic rings. The van der Waals surface area contributed by atoms with E-state index in [2.05, 4.69) is 74.6 Å². The van der Waals surface area contributed by atoms with Crippen LogP contribution in [0.1, 0.15) is 194 Å². The van der Waals surface area contributed by atoms with E-state index in [1.165, 1.54) is 83.5 Å². The summed E-state index contributed by atoms with van der Waals surface area (Å²) in [4.78, 5) is 36.9. The first-order valence-corrected chi connectivity index (χ1v) is 23.8. The lowest BCUT2D eigenvalue weighted by Crippen LogP contribution is -2.55. The fourth-order valence-electron chi connectivity index (χ4n) is 6.72. The van der Waals surface area contributed by atoms with E-state index in [4.69, 9.17) is 14.2 Å². The molecule has 0 saturated carbocycles. The zero-order valence-corrected chi connectivity index (χ0v) is 38.7. The molecular formula is C51H89NO7. The molecule has 0 N–H and O–H groups in total. The number of likely N-dealkylation sites (N-methyl/N-ethyl adjacent to an activating group) is 1. The number of nitrogens with zero attached hydrogens (tertiary/aromatic N) is 1. The van der Waals surface area contributed by atoms with Crippen molar-refractivity contribution in [3.05, 3.63) is 60.8 Å². The Morgan fingerprint density at radius 1 is 0.542 bits per heavy atom. The maximum atomic E-state index is 12.7. The standard InChI is InChI=1S/C51H89NO7/c1-6-8-10-12-14-16-18-20-22-24-25-26-28-29-31-33-35-37-39-41-49(53)58-46-47(45-57-44-43-48(51(55)56)52(3,4)5)59-50(54)42-40-38-36-34-32-30-27-23-21-19-17-15-13-11-9-7-2/h8,10,14,16,20,22-23,27,30,32,47-48H,6-7,9,11-13,15,17-19,21,24-26,28-29,31,33-46H2,1-5H3/b10-8+,16-14+,22-20+,27-23+,32-30+. The molecule has 0 rings (SSSR count). The number of allylic oxidation sites excluding steroid dienone is 10. The third-order valence-corrected chi connectivity index (χ3v) is 10.4. The number of carbonyl (C=O) groups excluding carboxylic acids is 3. The van der Waals surface area contributed by atoms with Crippen LogP contribution < -0.4 is 5.11 Å². The molecule has 0 aromatic carbocycles. The highest BCUT2D eigenvalue weighted by molar-refractivity contribution is 5.70. The average molecular weight is 828 g/mol. The van der Waals surface area contributed by atoms with Crippen LogP contribution in [0.25, 0.3) is 0 Å². The Morgan fingerprint density at radius 2 is 1.00 bits per heavy atom. The Hall–Kier alpha value is -2.97. The number of carboxylic acids is 1. The lowest BCUT2D eigenvalue weighted by molar-refractivity contribution is -0.889. The molecule has 59 heavy (non-hydrogen) atoms. The molecule has 0 aliphatic rings. The zero-order valence-electron chi connectivity index (χ0n) is 38.7. The second kappa shape index (κ2) is 41.8. The van der Waals surface area contributed by atoms with Gasteiger partial charge in [0.25, 0.3) is 0 Å². The average Bonchev–Trinajstić information content (AvgIpc) is 3.19. The SMILES string of the molecule is CC/C=C/C/C=C/C/C=C/CCCCCCCCCCCC(=O)OCC(COCCC(C(=O)[O-])[N+](C)(C)C)OC(=O)CCCCC/C=C/C=C/CCCCCCCCC. The fourth-order valence-corrected chi connectivity index (χ4v) is 6.72. The van der Waals surface area contributed by atoms with Crippen molar-refractivity contribution in [1.29, 1.82) is 0 Å². The van der Waals surface area contributed by atoms with Gasteiger partial charge in [-0.1, -0.05) is 164 Å². The van der Waals surface area contributed by atoms with E-state index in [1.807, 2.05) is 0 Å². The van der Waals surface area contributed by atoms with Crippen LogP contribution in [-0.2, 0) is 28.6 Å². The Labute approximate surface area is 362 Å². The van der Waals surface area contributed by atoms with E-state index < -0.39 is 18.1 Å². The number of esters is 2. The van der Waals surface area contributed by atoms with Crippen LogP contribution in [0.15, 0.2) is 60.8 Å². The smallest absolute Gasteiger partial charge is 0.306 e. The lowest BCUT2D eigenvalue weighted by Gasteiger charge is -2.34. The van der Waals surface area contributed by atoms with Crippen molar-refractivity contribution in [3.63, 3.8) is 0 Å². The number of aliphatic carboxylic acids is 1. The van der Waals surface area contributed by atoms with Crippen molar-refractivity contribution in [2.75, 3.05) is 41.0 Å². The van der Waals surface area contributed by atoms with Crippen LogP contribution in [-0.4, -0.2) is 75.5 Å². The van der Waals surface area contributed by atoms with E-state index >= 15 is 0 Å². The van der Waals surface area contributed by atoms with Crippen LogP contribution in [0.3, 0.4) is 0 Å². The molecule has 0 aliphatic heterocycles. The number of rotatable bonds is 42. The summed E-state index contributed by atoms with van der Waals surface area (Å²) in [5.74, 6) is -1.78. The van der Waals surface area contributed by atoms with E-state index in [0.29, 0.717) is 6.42 Å². The molecule has 0 spiro atoms. The first kappa shape index (κ1) is 56.0. The van der Waals surface area contributed by atoms with E-state index in [-0.39, 0.29) is 49.1 Å². The number of carbonyl (C=O) groups is 3. The normalized spacial score (nSPS) is 13.4. The van der Waals surface area contributed by atoms with Gasteiger partial charge in [-0.3, -0.25) is 9.59 Å². The summed E-state index contributed by atoms with van der Waals surface area (Å²) < 4.78 is 17.2. The van der Waals surface area contributed by atoms with Gasteiger partial charge >= 0.3 is 11.9 Å². The quantitative estimate of drug-likeness (QED) is 0.0198. The van der Waals surface area contributed by atoms with Crippen molar-refractivity contribution >= 4 is 17.9 Å². The third kappa shape index (κ3) is 40.2. The predicted octanol–water partition coefficient (Wildman–Crippen LogP) is 12.0. The van der Waals surface area contributed by atoms with Crippen LogP contribution in [0.5, 0.6) is 0 Å². The first-order valence-electron chi connectivity index (χ1n) is 23.8. The van der Waals surface area contributed by atoms with Crippen molar-refractivity contribution in [2.45, 2.75) is 206 Å². The molecule has 0 saturated heterocycles. The van der Waals surface area contributed by atoms with Crippen molar-refractivity contribution < 1.29 is 38.2 Å². The Morgan fingerprint density at radius 3 is 1.53 bits per heavy atom. The van der Waals surface area contributed by atoms with Gasteiger partial charge in [0.2, 0.25) is 0 Å². The van der Waals surface area contributed by atoms with Gasteiger partial charge in [-0.25, -0.2) is 0 Å². The minimum absolute atomic E-state index is 0.0267. The van der Waals surface area contributed by atoms with Gasteiger partial charge in [0.1, 0.15) is 12.6 Å². The molecule has 0 heterocycles. The molecule has 0 fully saturated rings. The fraction of sp³-hybridized carbons (Fsp3) is 0.745. The van der Waals surface area contributed by atoms with Gasteiger partial charge in [-0.05, 0) is 70.6 Å². The summed E-state index contributed by atoms with van der Waals surface area (Å²) in [5.41, 5.74) is 0. The minimum atomic E-state index is -1.13. The van der Waals surface area contributed by atoms with Crippen molar-refractivity contribution in [2.24, 2.45) is 0 Å². The zero-order chi connectivity index (χ0) is 43.5. The number of quaternary nitrogens is 1. The van der Waals surface area contributed by atoms with Gasteiger partial charge in [0.05, 0.1) is 40.3 Å². The topological polar surface area (TPSA) is 102 Å². The molecule has 2 atom stereocenters. The van der Waals surface area contributed by atoms with Gasteiger partial charge < -0.3 is 28.6 Å². The minimum Gasteiger partial charge on any atom is -0.544 e. The first-order chi connectivity index (χ1) is 28.6. The van der Waals surface area contributed by atoms with Gasteiger partial charge in [0.15, 0.2) is 6.10 Å². The van der Waals surface area contributed by atoms with Gasteiger partial charge in [-0.2, -0.15) is 0 Å². The predicted molar refractivity (Wildman–Crippen MR) is 245 cm³/mol. The lowest BCUT2D eigenvalue weighted by atomic mass is 10.1. The Kier molecular flexibility index (Phi) is 39.6. The molecule has 8 nitrogen and oxygen atoms in total. The van der Waals surface area contributed by atoms with Crippen molar-refractivity contribution in [1.82, 2.24) is 0 Å².